The molecular weight excluding hydrogens is 881 g/mol. The van der Waals surface area contributed by atoms with Crippen molar-refractivity contribution in [3.05, 3.63) is 233 Å². The first kappa shape index (κ1) is 45.4. The molecule has 0 radical (unpaired) electrons. The van der Waals surface area contributed by atoms with Gasteiger partial charge < -0.3 is 9.80 Å². The van der Waals surface area contributed by atoms with Gasteiger partial charge >= 0.3 is 0 Å². The third kappa shape index (κ3) is 7.19. The van der Waals surface area contributed by atoms with Gasteiger partial charge in [0, 0.05) is 28.4 Å². The Morgan fingerprint density at radius 3 is 1.70 bits per heavy atom. The van der Waals surface area contributed by atoms with Gasteiger partial charge in [-0.05, 0) is 166 Å². The van der Waals surface area contributed by atoms with E-state index in [9.17, 15) is 0 Å². The van der Waals surface area contributed by atoms with E-state index >= 15 is 0 Å². The minimum absolute atomic E-state index is 0.00937. The Morgan fingerprint density at radius 2 is 1.00 bits per heavy atom. The molecule has 10 aromatic carbocycles. The van der Waals surface area contributed by atoms with Crippen LogP contribution >= 0.6 is 0 Å². The summed E-state index contributed by atoms with van der Waals surface area (Å²) in [5, 5.41) is 7.76. The maximum atomic E-state index is 2.76. The molecule has 2 nitrogen and oxygen atoms in total. The van der Waals surface area contributed by atoms with Gasteiger partial charge in [0.25, 0.3) is 0 Å². The second-order valence-corrected chi connectivity index (χ2v) is 24.1. The van der Waals surface area contributed by atoms with Crippen molar-refractivity contribution >= 4 is 60.8 Å². The van der Waals surface area contributed by atoms with Crippen molar-refractivity contribution in [1.29, 1.82) is 0 Å². The molecule has 360 valence electrons. The quantitative estimate of drug-likeness (QED) is 0.153. The van der Waals surface area contributed by atoms with Gasteiger partial charge in [0.1, 0.15) is 0 Å². The SMILES string of the molecule is CCC(C)(C)c1ccc2c(c1)C1c3c(cccc3N(c3cccc(-c4ccccc4)c3)C3c4cc(C(C)(C)C)ccc4CC13)N2c1ccc(C(C)(C)C)cc1-c1ccc2c3ccccc3c3ccccc3c2c1. The first-order valence-electron chi connectivity index (χ1n) is 26.8. The van der Waals surface area contributed by atoms with Crippen molar-refractivity contribution in [3.63, 3.8) is 0 Å². The first-order valence-corrected chi connectivity index (χ1v) is 26.8. The fourth-order valence-electron chi connectivity index (χ4n) is 13.1. The Bertz CT molecular complexity index is 3810. The molecule has 0 aromatic heterocycles. The van der Waals surface area contributed by atoms with Gasteiger partial charge in [-0.3, -0.25) is 0 Å². The van der Waals surface area contributed by atoms with Crippen molar-refractivity contribution in [2.45, 2.75) is 103 Å². The highest BCUT2D eigenvalue weighted by atomic mass is 15.2. The Hall–Kier alpha value is -7.42. The molecule has 0 amide bonds. The molecule has 2 heteroatoms. The zero-order chi connectivity index (χ0) is 50.1. The maximum absolute atomic E-state index is 2.76. The molecule has 3 unspecified atom stereocenters. The van der Waals surface area contributed by atoms with E-state index in [0.29, 0.717) is 5.92 Å². The van der Waals surface area contributed by atoms with Gasteiger partial charge in [-0.1, -0.05) is 208 Å². The van der Waals surface area contributed by atoms with E-state index in [1.165, 1.54) is 122 Å². The van der Waals surface area contributed by atoms with Crippen LogP contribution in [0.3, 0.4) is 0 Å². The summed E-state index contributed by atoms with van der Waals surface area (Å²) < 4.78 is 0. The molecule has 3 atom stereocenters. The molecule has 2 heterocycles. The minimum Gasteiger partial charge on any atom is -0.333 e. The summed E-state index contributed by atoms with van der Waals surface area (Å²) in [7, 11) is 0. The molecule has 73 heavy (non-hydrogen) atoms. The van der Waals surface area contributed by atoms with Gasteiger partial charge in [0.2, 0.25) is 0 Å². The number of anilines is 5. The average molecular weight is 947 g/mol. The van der Waals surface area contributed by atoms with Crippen molar-refractivity contribution < 1.29 is 0 Å². The van der Waals surface area contributed by atoms with Crippen LogP contribution in [0, 0.1) is 5.92 Å². The lowest BCUT2D eigenvalue weighted by molar-refractivity contribution is 0.391. The highest BCUT2D eigenvalue weighted by Gasteiger charge is 2.51. The normalized spacial score (nSPS) is 17.2. The number of benzene rings is 10. The predicted octanol–water partition coefficient (Wildman–Crippen LogP) is 19.7. The molecule has 0 saturated carbocycles. The number of rotatable bonds is 6. The molecule has 13 rings (SSSR count). The Kier molecular flexibility index (Phi) is 10.3. The lowest BCUT2D eigenvalue weighted by atomic mass is 9.68. The van der Waals surface area contributed by atoms with Crippen LogP contribution in [-0.2, 0) is 22.7 Å². The molecule has 3 aliphatic rings. The van der Waals surface area contributed by atoms with Crippen LogP contribution in [0.1, 0.15) is 120 Å². The summed E-state index contributed by atoms with van der Waals surface area (Å²) in [5.74, 6) is 0.471. The van der Waals surface area contributed by atoms with Crippen molar-refractivity contribution in [1.82, 2.24) is 0 Å². The second-order valence-electron chi connectivity index (χ2n) is 24.1. The number of hydrogen-bond donors (Lipinski definition) is 0. The lowest BCUT2D eigenvalue weighted by Gasteiger charge is -2.50. The lowest BCUT2D eigenvalue weighted by Crippen LogP contribution is -2.40. The molecule has 0 saturated heterocycles. The Labute approximate surface area is 433 Å². The predicted molar refractivity (Wildman–Crippen MR) is 312 cm³/mol. The monoisotopic (exact) mass is 947 g/mol. The fourth-order valence-corrected chi connectivity index (χ4v) is 13.1. The summed E-state index contributed by atoms with van der Waals surface area (Å²) in [6, 6.07) is 75.2. The summed E-state index contributed by atoms with van der Waals surface area (Å²) in [4.78, 5) is 5.42. The van der Waals surface area contributed by atoms with Crippen LogP contribution < -0.4 is 9.80 Å². The number of nitrogens with zero attached hydrogens (tertiary/aromatic N) is 2. The highest BCUT2D eigenvalue weighted by molar-refractivity contribution is 6.26. The number of hydrogen-bond acceptors (Lipinski definition) is 2. The van der Waals surface area contributed by atoms with Crippen LogP contribution in [0.25, 0.3) is 54.6 Å². The van der Waals surface area contributed by atoms with E-state index in [1.54, 1.807) is 0 Å². The summed E-state index contributed by atoms with van der Waals surface area (Å²) in [6.45, 7) is 21.3. The van der Waals surface area contributed by atoms with E-state index < -0.39 is 0 Å². The summed E-state index contributed by atoms with van der Waals surface area (Å²) in [5.41, 5.74) is 21.2. The molecule has 0 fully saturated rings. The maximum Gasteiger partial charge on any atom is 0.0634 e. The van der Waals surface area contributed by atoms with E-state index in [0.717, 1.165) is 12.8 Å². The van der Waals surface area contributed by atoms with E-state index in [-0.39, 0.29) is 28.2 Å². The van der Waals surface area contributed by atoms with Gasteiger partial charge in [-0.2, -0.15) is 0 Å². The molecule has 0 bridgehead atoms. The summed E-state index contributed by atoms with van der Waals surface area (Å²) in [6.07, 6.45) is 2.08. The third-order valence-electron chi connectivity index (χ3n) is 17.4. The zero-order valence-electron chi connectivity index (χ0n) is 44.0. The van der Waals surface area contributed by atoms with Gasteiger partial charge in [0.05, 0.1) is 23.1 Å². The van der Waals surface area contributed by atoms with Crippen LogP contribution in [0.4, 0.5) is 28.4 Å². The third-order valence-corrected chi connectivity index (χ3v) is 17.4. The molecule has 0 spiro atoms. The molecule has 10 aromatic rings. The average Bonchev–Trinajstić information content (AvgIpc) is 3.79. The fraction of sp³-hybridized carbons (Fsp3) is 0.239. The van der Waals surface area contributed by atoms with E-state index in [2.05, 4.69) is 266 Å². The second kappa shape index (κ2) is 16.6. The smallest absolute Gasteiger partial charge is 0.0634 e. The van der Waals surface area contributed by atoms with Crippen molar-refractivity contribution in [2.24, 2.45) is 5.92 Å². The molecular formula is C71H66N2. The van der Waals surface area contributed by atoms with Crippen molar-refractivity contribution in [2.75, 3.05) is 9.80 Å². The van der Waals surface area contributed by atoms with Gasteiger partial charge in [-0.15, -0.1) is 0 Å². The summed E-state index contributed by atoms with van der Waals surface area (Å²) >= 11 is 0. The largest absolute Gasteiger partial charge is 0.333 e. The van der Waals surface area contributed by atoms with Crippen LogP contribution in [-0.4, -0.2) is 0 Å². The zero-order valence-corrected chi connectivity index (χ0v) is 44.0. The topological polar surface area (TPSA) is 6.48 Å². The van der Waals surface area contributed by atoms with E-state index in [4.69, 9.17) is 0 Å². The Balaban J connectivity index is 1.09. The van der Waals surface area contributed by atoms with E-state index in [1.807, 2.05) is 0 Å². The highest BCUT2D eigenvalue weighted by Crippen LogP contribution is 2.65. The van der Waals surface area contributed by atoms with Crippen molar-refractivity contribution in [3.8, 4) is 22.3 Å². The molecule has 1 aliphatic carbocycles. The van der Waals surface area contributed by atoms with Crippen LogP contribution in [0.5, 0.6) is 0 Å². The minimum atomic E-state index is -0.0569. The van der Waals surface area contributed by atoms with Gasteiger partial charge in [-0.25, -0.2) is 0 Å². The molecule has 0 N–H and O–H groups in total. The Morgan fingerprint density at radius 1 is 0.425 bits per heavy atom. The standard InChI is InChI=1S/C71H66N2/c1-10-71(8,9)50-34-37-63-60(43-50)66-61-40-47-30-32-48(69(2,3)4)42-58(47)68(61)72(51-23-18-22-45(38-51)44-20-12-11-13-21-44)64-28-19-29-65(67(64)66)73(63)62-36-33-49(70(5,6)7)41-57(62)46-31-35-56-54-26-15-14-24-52(54)53-25-16-17-27-55(53)59(56)39-46/h11-39,41-43,61,66,68H,10,40H2,1-9H3. The van der Waals surface area contributed by atoms with Crippen LogP contribution in [0.15, 0.2) is 194 Å². The first-order chi connectivity index (χ1) is 35.2. The molecule has 2 aliphatic heterocycles. The van der Waals surface area contributed by atoms with Gasteiger partial charge in [0.15, 0.2) is 0 Å². The number of fused-ring (bicyclic) bond motifs is 12. The van der Waals surface area contributed by atoms with Crippen LogP contribution in [0.2, 0.25) is 0 Å².